The number of para-hydroxylation sites is 2. The first kappa shape index (κ1) is 17.0. The first-order chi connectivity index (χ1) is 11.1. The number of anilines is 1. The predicted molar refractivity (Wildman–Crippen MR) is 93.4 cm³/mol. The molecule has 0 spiro atoms. The van der Waals surface area contributed by atoms with Crippen molar-refractivity contribution >= 4 is 11.6 Å². The number of hydrogen-bond donors (Lipinski definition) is 2. The van der Waals surface area contributed by atoms with Crippen LogP contribution in [0.15, 0.2) is 54.6 Å². The van der Waals surface area contributed by atoms with E-state index in [4.69, 9.17) is 10.5 Å². The molecule has 0 radical (unpaired) electrons. The van der Waals surface area contributed by atoms with Gasteiger partial charge in [-0.3, -0.25) is 4.79 Å². The van der Waals surface area contributed by atoms with Crippen LogP contribution in [0.4, 0.5) is 5.69 Å². The summed E-state index contributed by atoms with van der Waals surface area (Å²) in [5.41, 5.74) is 7.59. The largest absolute Gasteiger partial charge is 0.484 e. The van der Waals surface area contributed by atoms with E-state index in [0.717, 1.165) is 12.0 Å². The van der Waals surface area contributed by atoms with E-state index < -0.39 is 6.04 Å². The first-order valence-electron chi connectivity index (χ1n) is 7.99. The lowest BCUT2D eigenvalue weighted by Crippen LogP contribution is -2.35. The van der Waals surface area contributed by atoms with Crippen LogP contribution in [0.5, 0.6) is 5.75 Å². The van der Waals surface area contributed by atoms with Gasteiger partial charge in [-0.2, -0.15) is 0 Å². The Morgan fingerprint density at radius 2 is 1.78 bits per heavy atom. The molecular weight excluding hydrogens is 288 g/mol. The number of benzene rings is 2. The number of amides is 1. The lowest BCUT2D eigenvalue weighted by atomic mass is 10.1. The fraction of sp³-hybridized carbons (Fsp3) is 0.316. The molecule has 0 bridgehead atoms. The average molecular weight is 312 g/mol. The van der Waals surface area contributed by atoms with Crippen LogP contribution in [0.1, 0.15) is 38.4 Å². The molecule has 0 saturated carbocycles. The van der Waals surface area contributed by atoms with Gasteiger partial charge < -0.3 is 15.8 Å². The van der Waals surface area contributed by atoms with Crippen molar-refractivity contribution in [1.29, 1.82) is 0 Å². The first-order valence-corrected chi connectivity index (χ1v) is 7.99. The van der Waals surface area contributed by atoms with Gasteiger partial charge in [0.05, 0.1) is 11.7 Å². The van der Waals surface area contributed by atoms with E-state index in [2.05, 4.69) is 5.32 Å². The van der Waals surface area contributed by atoms with Crippen molar-refractivity contribution in [3.05, 3.63) is 60.2 Å². The van der Waals surface area contributed by atoms with Crippen molar-refractivity contribution in [1.82, 2.24) is 0 Å². The van der Waals surface area contributed by atoms with Gasteiger partial charge in [0.15, 0.2) is 0 Å². The summed E-state index contributed by atoms with van der Waals surface area (Å²) < 4.78 is 6.02. The van der Waals surface area contributed by atoms with Gasteiger partial charge in [0, 0.05) is 0 Å². The maximum Gasteiger partial charge on any atom is 0.241 e. The molecule has 2 rings (SSSR count). The zero-order valence-corrected chi connectivity index (χ0v) is 13.7. The minimum atomic E-state index is -0.500. The minimum Gasteiger partial charge on any atom is -0.484 e. The van der Waals surface area contributed by atoms with E-state index in [0.29, 0.717) is 17.9 Å². The average Bonchev–Trinajstić information content (AvgIpc) is 2.57. The second-order valence-corrected chi connectivity index (χ2v) is 5.55. The molecule has 2 aromatic rings. The zero-order chi connectivity index (χ0) is 16.7. The molecule has 122 valence electrons. The van der Waals surface area contributed by atoms with Crippen LogP contribution in [0.2, 0.25) is 0 Å². The van der Waals surface area contributed by atoms with Crippen molar-refractivity contribution < 1.29 is 9.53 Å². The molecule has 4 heteroatoms. The Labute approximate surface area is 137 Å². The molecule has 2 aromatic carbocycles. The van der Waals surface area contributed by atoms with Crippen molar-refractivity contribution in [3.8, 4) is 5.75 Å². The Balaban J connectivity index is 2.10. The van der Waals surface area contributed by atoms with E-state index >= 15 is 0 Å². The molecule has 0 fully saturated rings. The summed E-state index contributed by atoms with van der Waals surface area (Å²) in [6.07, 6.45) is 1.42. The SMILES string of the molecule is CCCC(N)C(=O)Nc1ccccc1OC(C)c1ccccc1. The summed E-state index contributed by atoms with van der Waals surface area (Å²) in [7, 11) is 0. The topological polar surface area (TPSA) is 64.4 Å². The Hall–Kier alpha value is -2.33. The fourth-order valence-electron chi connectivity index (χ4n) is 2.32. The van der Waals surface area contributed by atoms with Gasteiger partial charge in [-0.15, -0.1) is 0 Å². The molecule has 3 N–H and O–H groups in total. The third-order valence-electron chi connectivity index (χ3n) is 3.65. The highest BCUT2D eigenvalue weighted by Gasteiger charge is 2.16. The number of nitrogens with one attached hydrogen (secondary N) is 1. The Morgan fingerprint density at radius 3 is 2.48 bits per heavy atom. The number of nitrogens with two attached hydrogens (primary N) is 1. The van der Waals surface area contributed by atoms with Crippen molar-refractivity contribution in [2.45, 2.75) is 38.8 Å². The Bertz CT molecular complexity index is 628. The van der Waals surface area contributed by atoms with E-state index in [-0.39, 0.29) is 12.0 Å². The highest BCUT2D eigenvalue weighted by atomic mass is 16.5. The second-order valence-electron chi connectivity index (χ2n) is 5.55. The summed E-state index contributed by atoms with van der Waals surface area (Å²) in [5.74, 6) is 0.455. The Morgan fingerprint density at radius 1 is 1.13 bits per heavy atom. The molecule has 0 heterocycles. The molecule has 0 aliphatic carbocycles. The molecule has 2 unspecified atom stereocenters. The van der Waals surface area contributed by atoms with Crippen molar-refractivity contribution in [3.63, 3.8) is 0 Å². The minimum absolute atomic E-state index is 0.112. The predicted octanol–water partition coefficient (Wildman–Crippen LogP) is 3.89. The van der Waals surface area contributed by atoms with Gasteiger partial charge in [0.2, 0.25) is 5.91 Å². The summed E-state index contributed by atoms with van der Waals surface area (Å²) in [6.45, 7) is 3.99. The molecule has 23 heavy (non-hydrogen) atoms. The van der Waals surface area contributed by atoms with Gasteiger partial charge in [-0.25, -0.2) is 0 Å². The maximum atomic E-state index is 12.1. The van der Waals surface area contributed by atoms with Gasteiger partial charge in [-0.1, -0.05) is 55.8 Å². The summed E-state index contributed by atoms with van der Waals surface area (Å²) >= 11 is 0. The quantitative estimate of drug-likeness (QED) is 0.815. The number of ether oxygens (including phenoxy) is 1. The molecule has 0 aromatic heterocycles. The second kappa shape index (κ2) is 8.34. The third kappa shape index (κ3) is 4.83. The van der Waals surface area contributed by atoms with Crippen molar-refractivity contribution in [2.75, 3.05) is 5.32 Å². The summed E-state index contributed by atoms with van der Waals surface area (Å²) in [6, 6.07) is 16.9. The number of hydrogen-bond acceptors (Lipinski definition) is 3. The fourth-order valence-corrected chi connectivity index (χ4v) is 2.32. The normalized spacial score (nSPS) is 13.2. The van der Waals surface area contributed by atoms with Gasteiger partial charge in [0.25, 0.3) is 0 Å². The van der Waals surface area contributed by atoms with Crippen LogP contribution in [-0.4, -0.2) is 11.9 Å². The number of rotatable bonds is 7. The van der Waals surface area contributed by atoms with Crippen molar-refractivity contribution in [2.24, 2.45) is 5.73 Å². The summed E-state index contributed by atoms with van der Waals surface area (Å²) in [5, 5.41) is 2.86. The molecule has 0 aliphatic heterocycles. The number of carbonyl (C=O) groups excluding carboxylic acids is 1. The van der Waals surface area contributed by atoms with Crippen LogP contribution < -0.4 is 15.8 Å². The van der Waals surface area contributed by atoms with E-state index in [1.807, 2.05) is 68.4 Å². The van der Waals surface area contributed by atoms with Gasteiger partial charge in [-0.05, 0) is 31.0 Å². The number of carbonyl (C=O) groups is 1. The molecular formula is C19H24N2O2. The highest BCUT2D eigenvalue weighted by Crippen LogP contribution is 2.29. The highest BCUT2D eigenvalue weighted by molar-refractivity contribution is 5.95. The monoisotopic (exact) mass is 312 g/mol. The third-order valence-corrected chi connectivity index (χ3v) is 3.65. The lowest BCUT2D eigenvalue weighted by molar-refractivity contribution is -0.117. The molecule has 1 amide bonds. The van der Waals surface area contributed by atoms with Crippen LogP contribution >= 0.6 is 0 Å². The van der Waals surface area contributed by atoms with Crippen LogP contribution in [0, 0.1) is 0 Å². The molecule has 0 aliphatic rings. The smallest absolute Gasteiger partial charge is 0.241 e. The van der Waals surface area contributed by atoms with E-state index in [1.165, 1.54) is 0 Å². The molecule has 2 atom stereocenters. The maximum absolute atomic E-state index is 12.1. The standard InChI is InChI=1S/C19H24N2O2/c1-3-9-16(20)19(22)21-17-12-7-8-13-18(17)23-14(2)15-10-5-4-6-11-15/h4-8,10-14,16H,3,9,20H2,1-2H3,(H,21,22). The zero-order valence-electron chi connectivity index (χ0n) is 13.7. The van der Waals surface area contributed by atoms with Gasteiger partial charge in [0.1, 0.15) is 11.9 Å². The van der Waals surface area contributed by atoms with Gasteiger partial charge >= 0.3 is 0 Å². The van der Waals surface area contributed by atoms with Crippen LogP contribution in [0.25, 0.3) is 0 Å². The summed E-state index contributed by atoms with van der Waals surface area (Å²) in [4.78, 5) is 12.1. The van der Waals surface area contributed by atoms with E-state index in [9.17, 15) is 4.79 Å². The lowest BCUT2D eigenvalue weighted by Gasteiger charge is -2.19. The Kier molecular flexibility index (Phi) is 6.18. The molecule has 4 nitrogen and oxygen atoms in total. The molecule has 0 saturated heterocycles. The van der Waals surface area contributed by atoms with Crippen LogP contribution in [-0.2, 0) is 4.79 Å². The van der Waals surface area contributed by atoms with E-state index in [1.54, 1.807) is 0 Å². The van der Waals surface area contributed by atoms with Crippen LogP contribution in [0.3, 0.4) is 0 Å².